The van der Waals surface area contributed by atoms with Crippen molar-refractivity contribution in [1.29, 1.82) is 0 Å². The van der Waals surface area contributed by atoms with Crippen molar-refractivity contribution in [1.82, 2.24) is 10.2 Å². The van der Waals surface area contributed by atoms with Gasteiger partial charge in [0.1, 0.15) is 5.75 Å². The molecule has 1 aliphatic rings. The molecule has 1 aromatic carbocycles. The van der Waals surface area contributed by atoms with Crippen LogP contribution in [-0.4, -0.2) is 63.4 Å². The maximum Gasteiger partial charge on any atom is 0.238 e. The largest absolute Gasteiger partial charge is 0.494 e. The van der Waals surface area contributed by atoms with Gasteiger partial charge in [-0.15, -0.1) is 0 Å². The second kappa shape index (κ2) is 9.40. The smallest absolute Gasteiger partial charge is 0.238 e. The number of rotatable bonds is 8. The highest BCUT2D eigenvalue weighted by Crippen LogP contribution is 2.15. The van der Waals surface area contributed by atoms with Gasteiger partial charge in [-0.1, -0.05) is 0 Å². The van der Waals surface area contributed by atoms with E-state index in [-0.39, 0.29) is 5.91 Å². The molecule has 0 radical (unpaired) electrons. The van der Waals surface area contributed by atoms with Crippen LogP contribution in [0.25, 0.3) is 0 Å². The van der Waals surface area contributed by atoms with Crippen LogP contribution in [0.2, 0.25) is 0 Å². The molecule has 22 heavy (non-hydrogen) atoms. The quantitative estimate of drug-likeness (QED) is 0.700. The first-order valence-electron chi connectivity index (χ1n) is 7.81. The van der Waals surface area contributed by atoms with E-state index >= 15 is 0 Å². The molecule has 0 aliphatic carbocycles. The van der Waals surface area contributed by atoms with Crippen LogP contribution < -0.4 is 15.4 Å². The van der Waals surface area contributed by atoms with Crippen molar-refractivity contribution < 1.29 is 14.3 Å². The van der Waals surface area contributed by atoms with E-state index in [9.17, 15) is 4.79 Å². The number of hydrogen-bond donors (Lipinski definition) is 2. The highest BCUT2D eigenvalue weighted by atomic mass is 16.5. The number of nitrogens with one attached hydrogen (secondary N) is 2. The highest BCUT2D eigenvalue weighted by Gasteiger charge is 2.09. The van der Waals surface area contributed by atoms with Gasteiger partial charge in [-0.3, -0.25) is 9.69 Å². The van der Waals surface area contributed by atoms with E-state index in [0.29, 0.717) is 13.2 Å². The number of morpholine rings is 1. The second-order valence-electron chi connectivity index (χ2n) is 5.14. The van der Waals surface area contributed by atoms with Gasteiger partial charge in [0, 0.05) is 31.9 Å². The molecule has 0 atom stereocenters. The Balaban J connectivity index is 1.60. The summed E-state index contributed by atoms with van der Waals surface area (Å²) in [7, 11) is 0. The molecule has 1 amide bonds. The number of carbonyl (C=O) groups is 1. The monoisotopic (exact) mass is 307 g/mol. The third kappa shape index (κ3) is 6.01. The Hall–Kier alpha value is -1.63. The van der Waals surface area contributed by atoms with Gasteiger partial charge in [0.05, 0.1) is 26.4 Å². The summed E-state index contributed by atoms with van der Waals surface area (Å²) in [5.74, 6) is 0.773. The number of benzene rings is 1. The second-order valence-corrected chi connectivity index (χ2v) is 5.14. The minimum Gasteiger partial charge on any atom is -0.494 e. The SMILES string of the molecule is CCOc1ccc(NC(=O)CNCCN2CCOCC2)cc1. The molecule has 1 aliphatic heterocycles. The number of hydrogen-bond acceptors (Lipinski definition) is 5. The van der Waals surface area contributed by atoms with Gasteiger partial charge in [0.25, 0.3) is 0 Å². The van der Waals surface area contributed by atoms with E-state index < -0.39 is 0 Å². The molecular formula is C16H25N3O3. The zero-order valence-corrected chi connectivity index (χ0v) is 13.1. The van der Waals surface area contributed by atoms with Gasteiger partial charge in [-0.2, -0.15) is 0 Å². The molecule has 6 nitrogen and oxygen atoms in total. The van der Waals surface area contributed by atoms with E-state index in [0.717, 1.165) is 50.8 Å². The van der Waals surface area contributed by atoms with Crippen molar-refractivity contribution in [2.75, 3.05) is 57.9 Å². The molecule has 122 valence electrons. The molecule has 0 bridgehead atoms. The fourth-order valence-corrected chi connectivity index (χ4v) is 2.27. The Bertz CT molecular complexity index is 444. The van der Waals surface area contributed by atoms with Crippen LogP contribution in [0, 0.1) is 0 Å². The summed E-state index contributed by atoms with van der Waals surface area (Å²) in [4.78, 5) is 14.2. The normalized spacial score (nSPS) is 15.5. The van der Waals surface area contributed by atoms with Crippen LogP contribution in [0.3, 0.4) is 0 Å². The average molecular weight is 307 g/mol. The van der Waals surface area contributed by atoms with E-state index in [4.69, 9.17) is 9.47 Å². The molecule has 2 N–H and O–H groups in total. The molecule has 0 unspecified atom stereocenters. The highest BCUT2D eigenvalue weighted by molar-refractivity contribution is 5.92. The third-order valence-electron chi connectivity index (χ3n) is 3.44. The molecular weight excluding hydrogens is 282 g/mol. The Kier molecular flexibility index (Phi) is 7.15. The first kappa shape index (κ1) is 16.7. The van der Waals surface area contributed by atoms with Crippen LogP contribution in [-0.2, 0) is 9.53 Å². The lowest BCUT2D eigenvalue weighted by atomic mass is 10.3. The van der Waals surface area contributed by atoms with E-state index in [1.165, 1.54) is 0 Å². The Labute approximate surface area is 131 Å². The van der Waals surface area contributed by atoms with Crippen molar-refractivity contribution >= 4 is 11.6 Å². The van der Waals surface area contributed by atoms with Gasteiger partial charge in [0.2, 0.25) is 5.91 Å². The molecule has 1 aromatic rings. The Morgan fingerprint density at radius 2 is 2.00 bits per heavy atom. The fraction of sp³-hybridized carbons (Fsp3) is 0.562. The molecule has 1 fully saturated rings. The van der Waals surface area contributed by atoms with Crippen molar-refractivity contribution in [3.05, 3.63) is 24.3 Å². The van der Waals surface area contributed by atoms with Gasteiger partial charge < -0.3 is 20.1 Å². The zero-order chi connectivity index (χ0) is 15.6. The predicted octanol–water partition coefficient (Wildman–Crippen LogP) is 0.946. The number of nitrogens with zero attached hydrogens (tertiary/aromatic N) is 1. The van der Waals surface area contributed by atoms with E-state index in [1.807, 2.05) is 31.2 Å². The summed E-state index contributed by atoms with van der Waals surface area (Å²) in [6, 6.07) is 7.39. The topological polar surface area (TPSA) is 62.8 Å². The minimum atomic E-state index is -0.0360. The third-order valence-corrected chi connectivity index (χ3v) is 3.44. The Morgan fingerprint density at radius 3 is 2.68 bits per heavy atom. The lowest BCUT2D eigenvalue weighted by molar-refractivity contribution is -0.115. The molecule has 1 heterocycles. The van der Waals surface area contributed by atoms with Crippen molar-refractivity contribution in [2.24, 2.45) is 0 Å². The summed E-state index contributed by atoms with van der Waals surface area (Å²) in [6.07, 6.45) is 0. The summed E-state index contributed by atoms with van der Waals surface area (Å²) in [6.45, 7) is 8.20. The standard InChI is InChI=1S/C16H25N3O3/c1-2-22-15-5-3-14(4-6-15)18-16(20)13-17-7-8-19-9-11-21-12-10-19/h3-6,17H,2,7-13H2,1H3,(H,18,20). The van der Waals surface area contributed by atoms with Gasteiger partial charge in [-0.05, 0) is 31.2 Å². The predicted molar refractivity (Wildman–Crippen MR) is 86.4 cm³/mol. The lowest BCUT2D eigenvalue weighted by Gasteiger charge is -2.26. The van der Waals surface area contributed by atoms with Gasteiger partial charge >= 0.3 is 0 Å². The van der Waals surface area contributed by atoms with Gasteiger partial charge in [-0.25, -0.2) is 0 Å². The van der Waals surface area contributed by atoms with Crippen molar-refractivity contribution in [3.8, 4) is 5.75 Å². The fourth-order valence-electron chi connectivity index (χ4n) is 2.27. The molecule has 1 saturated heterocycles. The molecule has 6 heteroatoms. The van der Waals surface area contributed by atoms with E-state index in [2.05, 4.69) is 15.5 Å². The molecule has 0 spiro atoms. The number of amides is 1. The van der Waals surface area contributed by atoms with E-state index in [1.54, 1.807) is 0 Å². The van der Waals surface area contributed by atoms with Crippen LogP contribution in [0.5, 0.6) is 5.75 Å². The first-order chi connectivity index (χ1) is 10.8. The lowest BCUT2D eigenvalue weighted by Crippen LogP contribution is -2.41. The van der Waals surface area contributed by atoms with Crippen molar-refractivity contribution in [3.63, 3.8) is 0 Å². The Morgan fingerprint density at radius 1 is 1.27 bits per heavy atom. The molecule has 0 saturated carbocycles. The van der Waals surface area contributed by atoms with Crippen molar-refractivity contribution in [2.45, 2.75) is 6.92 Å². The minimum absolute atomic E-state index is 0.0360. The summed E-state index contributed by atoms with van der Waals surface area (Å²) in [5.41, 5.74) is 0.781. The van der Waals surface area contributed by atoms with Crippen LogP contribution in [0.15, 0.2) is 24.3 Å². The first-order valence-corrected chi connectivity index (χ1v) is 7.81. The number of anilines is 1. The summed E-state index contributed by atoms with van der Waals surface area (Å²) < 4.78 is 10.7. The van der Waals surface area contributed by atoms with Crippen LogP contribution in [0.4, 0.5) is 5.69 Å². The number of ether oxygens (including phenoxy) is 2. The zero-order valence-electron chi connectivity index (χ0n) is 13.1. The van der Waals surface area contributed by atoms with Crippen LogP contribution >= 0.6 is 0 Å². The molecule has 2 rings (SSSR count). The number of carbonyl (C=O) groups excluding carboxylic acids is 1. The summed E-state index contributed by atoms with van der Waals surface area (Å²) in [5, 5.41) is 6.02. The van der Waals surface area contributed by atoms with Crippen LogP contribution in [0.1, 0.15) is 6.92 Å². The molecule has 0 aromatic heterocycles. The average Bonchev–Trinajstić information content (AvgIpc) is 2.55. The van der Waals surface area contributed by atoms with Gasteiger partial charge in [0.15, 0.2) is 0 Å². The maximum absolute atomic E-state index is 11.8. The maximum atomic E-state index is 11.8. The summed E-state index contributed by atoms with van der Waals surface area (Å²) >= 11 is 0.